The molecule has 1 aromatic carbocycles. The summed E-state index contributed by atoms with van der Waals surface area (Å²) in [5, 5.41) is 8.91. The van der Waals surface area contributed by atoms with Gasteiger partial charge in [0.25, 0.3) is 0 Å². The van der Waals surface area contributed by atoms with Gasteiger partial charge in [-0.3, -0.25) is 0 Å². The van der Waals surface area contributed by atoms with Crippen molar-refractivity contribution in [2.75, 3.05) is 37.7 Å². The summed E-state index contributed by atoms with van der Waals surface area (Å²) in [5.41, 5.74) is 1.06. The Morgan fingerprint density at radius 3 is 2.74 bits per heavy atom. The van der Waals surface area contributed by atoms with Crippen LogP contribution in [0.15, 0.2) is 36.9 Å². The van der Waals surface area contributed by atoms with Crippen LogP contribution in [-0.2, 0) is 0 Å². The summed E-state index contributed by atoms with van der Waals surface area (Å²) in [6.45, 7) is 6.58. The van der Waals surface area contributed by atoms with E-state index in [0.717, 1.165) is 11.4 Å². The number of ether oxygens (including phenoxy) is 1. The maximum atomic E-state index is 10.8. The monoisotopic (exact) mass is 262 g/mol. The van der Waals surface area contributed by atoms with E-state index < -0.39 is 6.09 Å². The standard InChI is InChI=1S/C14H18N2O3/c1-2-10-19-13-5-3-4-12(11-13)15-6-8-16(9-7-15)14(17)18/h2-5,11H,1,6-10H2,(H,17,18). The van der Waals surface area contributed by atoms with E-state index in [1.165, 1.54) is 4.90 Å². The second kappa shape index (κ2) is 6.13. The molecule has 5 nitrogen and oxygen atoms in total. The van der Waals surface area contributed by atoms with Gasteiger partial charge in [0, 0.05) is 37.9 Å². The maximum absolute atomic E-state index is 10.8. The zero-order valence-electron chi connectivity index (χ0n) is 10.8. The van der Waals surface area contributed by atoms with Crippen LogP contribution in [0.5, 0.6) is 5.75 Å². The van der Waals surface area contributed by atoms with Crippen LogP contribution >= 0.6 is 0 Å². The fourth-order valence-electron chi connectivity index (χ4n) is 2.08. The number of hydrogen-bond donors (Lipinski definition) is 1. The van der Waals surface area contributed by atoms with Gasteiger partial charge < -0.3 is 19.6 Å². The molecular weight excluding hydrogens is 244 g/mol. The molecule has 0 spiro atoms. The molecule has 1 amide bonds. The first-order valence-electron chi connectivity index (χ1n) is 6.27. The summed E-state index contributed by atoms with van der Waals surface area (Å²) in [6, 6.07) is 7.83. The fourth-order valence-corrected chi connectivity index (χ4v) is 2.08. The van der Waals surface area contributed by atoms with Gasteiger partial charge in [0.2, 0.25) is 0 Å². The average Bonchev–Trinajstić information content (AvgIpc) is 2.45. The quantitative estimate of drug-likeness (QED) is 0.844. The summed E-state index contributed by atoms with van der Waals surface area (Å²) >= 11 is 0. The van der Waals surface area contributed by atoms with Gasteiger partial charge in [-0.15, -0.1) is 0 Å². The molecule has 1 aliphatic heterocycles. The van der Waals surface area contributed by atoms with Crippen LogP contribution in [0.4, 0.5) is 10.5 Å². The lowest BCUT2D eigenvalue weighted by molar-refractivity contribution is 0.142. The van der Waals surface area contributed by atoms with Crippen molar-refractivity contribution in [1.82, 2.24) is 4.90 Å². The number of piperazine rings is 1. The van der Waals surface area contributed by atoms with Crippen LogP contribution in [0, 0.1) is 0 Å². The van der Waals surface area contributed by atoms with Crippen LogP contribution in [0.3, 0.4) is 0 Å². The highest BCUT2D eigenvalue weighted by Gasteiger charge is 2.20. The lowest BCUT2D eigenvalue weighted by atomic mass is 10.2. The lowest BCUT2D eigenvalue weighted by Gasteiger charge is -2.34. The van der Waals surface area contributed by atoms with Crippen molar-refractivity contribution in [1.29, 1.82) is 0 Å². The molecule has 5 heteroatoms. The summed E-state index contributed by atoms with van der Waals surface area (Å²) in [5.74, 6) is 0.804. The van der Waals surface area contributed by atoms with E-state index >= 15 is 0 Å². The highest BCUT2D eigenvalue weighted by molar-refractivity contribution is 5.65. The number of benzene rings is 1. The molecule has 0 unspecified atom stereocenters. The van der Waals surface area contributed by atoms with Crippen molar-refractivity contribution in [2.45, 2.75) is 0 Å². The number of amides is 1. The number of carboxylic acid groups (broad SMARTS) is 1. The van der Waals surface area contributed by atoms with Crippen molar-refractivity contribution >= 4 is 11.8 Å². The SMILES string of the molecule is C=CCOc1cccc(N2CCN(C(=O)O)CC2)c1. The average molecular weight is 262 g/mol. The molecule has 102 valence electrons. The first-order chi connectivity index (χ1) is 9.20. The third-order valence-electron chi connectivity index (χ3n) is 3.10. The van der Waals surface area contributed by atoms with Gasteiger partial charge in [-0.1, -0.05) is 18.7 Å². The molecule has 1 saturated heterocycles. The predicted octanol–water partition coefficient (Wildman–Crippen LogP) is 2.05. The van der Waals surface area contributed by atoms with Crippen molar-refractivity contribution in [3.63, 3.8) is 0 Å². The molecule has 0 atom stereocenters. The van der Waals surface area contributed by atoms with Crippen molar-refractivity contribution in [2.24, 2.45) is 0 Å². The number of nitrogens with zero attached hydrogens (tertiary/aromatic N) is 2. The smallest absolute Gasteiger partial charge is 0.407 e. The molecule has 0 bridgehead atoms. The van der Waals surface area contributed by atoms with E-state index in [-0.39, 0.29) is 0 Å². The molecule has 0 radical (unpaired) electrons. The molecule has 0 aliphatic carbocycles. The normalized spacial score (nSPS) is 15.2. The number of anilines is 1. The molecule has 0 saturated carbocycles. The van der Waals surface area contributed by atoms with Crippen LogP contribution in [0.2, 0.25) is 0 Å². The van der Waals surface area contributed by atoms with Gasteiger partial charge in [-0.25, -0.2) is 4.79 Å². The zero-order valence-corrected chi connectivity index (χ0v) is 10.8. The molecule has 1 N–H and O–H groups in total. The van der Waals surface area contributed by atoms with E-state index in [1.54, 1.807) is 6.08 Å². The summed E-state index contributed by atoms with van der Waals surface area (Å²) < 4.78 is 5.50. The van der Waals surface area contributed by atoms with Crippen molar-refractivity contribution < 1.29 is 14.6 Å². The third-order valence-corrected chi connectivity index (χ3v) is 3.10. The molecule has 1 aromatic rings. The Bertz CT molecular complexity index is 454. The predicted molar refractivity (Wildman–Crippen MR) is 73.9 cm³/mol. The van der Waals surface area contributed by atoms with Crippen LogP contribution in [0.1, 0.15) is 0 Å². The second-order valence-corrected chi connectivity index (χ2v) is 4.35. The van der Waals surface area contributed by atoms with Gasteiger partial charge in [-0.05, 0) is 12.1 Å². The van der Waals surface area contributed by atoms with E-state index in [9.17, 15) is 4.79 Å². The van der Waals surface area contributed by atoms with Gasteiger partial charge in [-0.2, -0.15) is 0 Å². The Labute approximate surface area is 112 Å². The van der Waals surface area contributed by atoms with Gasteiger partial charge >= 0.3 is 6.09 Å². The number of carbonyl (C=O) groups is 1. The van der Waals surface area contributed by atoms with Gasteiger partial charge in [0.1, 0.15) is 12.4 Å². The lowest BCUT2D eigenvalue weighted by Crippen LogP contribution is -2.48. The van der Waals surface area contributed by atoms with Crippen LogP contribution < -0.4 is 9.64 Å². The highest BCUT2D eigenvalue weighted by atomic mass is 16.5. The Morgan fingerprint density at radius 1 is 1.37 bits per heavy atom. The molecule has 0 aromatic heterocycles. The molecule has 2 rings (SSSR count). The topological polar surface area (TPSA) is 53.0 Å². The first kappa shape index (κ1) is 13.3. The maximum Gasteiger partial charge on any atom is 0.407 e. The minimum Gasteiger partial charge on any atom is -0.489 e. The van der Waals surface area contributed by atoms with Crippen LogP contribution in [0.25, 0.3) is 0 Å². The Kier molecular flexibility index (Phi) is 4.28. The van der Waals surface area contributed by atoms with Crippen molar-refractivity contribution in [3.8, 4) is 5.75 Å². The fraction of sp³-hybridized carbons (Fsp3) is 0.357. The van der Waals surface area contributed by atoms with Gasteiger partial charge in [0.05, 0.1) is 0 Å². The van der Waals surface area contributed by atoms with E-state index in [0.29, 0.717) is 32.8 Å². The first-order valence-corrected chi connectivity index (χ1v) is 6.27. The summed E-state index contributed by atoms with van der Waals surface area (Å²) in [6.07, 6.45) is 0.862. The Hall–Kier alpha value is -2.17. The Morgan fingerprint density at radius 2 is 2.11 bits per heavy atom. The highest BCUT2D eigenvalue weighted by Crippen LogP contribution is 2.22. The zero-order chi connectivity index (χ0) is 13.7. The third kappa shape index (κ3) is 3.40. The minimum absolute atomic E-state index is 0.482. The van der Waals surface area contributed by atoms with E-state index in [2.05, 4.69) is 11.5 Å². The van der Waals surface area contributed by atoms with Crippen LogP contribution in [-0.4, -0.2) is 48.9 Å². The summed E-state index contributed by atoms with van der Waals surface area (Å²) in [4.78, 5) is 14.5. The second-order valence-electron chi connectivity index (χ2n) is 4.35. The van der Waals surface area contributed by atoms with Crippen molar-refractivity contribution in [3.05, 3.63) is 36.9 Å². The molecule has 1 fully saturated rings. The van der Waals surface area contributed by atoms with E-state index in [4.69, 9.17) is 9.84 Å². The Balaban J connectivity index is 1.99. The van der Waals surface area contributed by atoms with E-state index in [1.807, 2.05) is 24.3 Å². The van der Waals surface area contributed by atoms with Gasteiger partial charge in [0.15, 0.2) is 0 Å². The minimum atomic E-state index is -0.845. The summed E-state index contributed by atoms with van der Waals surface area (Å²) in [7, 11) is 0. The number of hydrogen-bond acceptors (Lipinski definition) is 3. The number of rotatable bonds is 4. The largest absolute Gasteiger partial charge is 0.489 e. The molecule has 1 aliphatic rings. The molecule has 1 heterocycles. The molecular formula is C14H18N2O3. The molecule has 19 heavy (non-hydrogen) atoms.